The van der Waals surface area contributed by atoms with Gasteiger partial charge in [0.1, 0.15) is 11.6 Å². The van der Waals surface area contributed by atoms with Crippen molar-refractivity contribution >= 4 is 11.2 Å². The van der Waals surface area contributed by atoms with Gasteiger partial charge in [-0.2, -0.15) is 8.78 Å². The highest BCUT2D eigenvalue weighted by atomic mass is 19.3. The van der Waals surface area contributed by atoms with Crippen LogP contribution in [0.3, 0.4) is 0 Å². The zero-order chi connectivity index (χ0) is 26.4. The number of halogens is 2. The minimum atomic E-state index is -3.33. The van der Waals surface area contributed by atoms with E-state index in [0.29, 0.717) is 43.3 Å². The number of hydrogen-bond acceptors (Lipinski definition) is 6. The summed E-state index contributed by atoms with van der Waals surface area (Å²) in [6.45, 7) is 0.972. The average Bonchev–Trinajstić information content (AvgIpc) is 3.47. The molecule has 3 aromatic heterocycles. The molecule has 1 N–H and O–H groups in total. The summed E-state index contributed by atoms with van der Waals surface area (Å²) in [5, 5.41) is 10.3. The number of benzene rings is 1. The molecule has 0 bridgehead atoms. The van der Waals surface area contributed by atoms with E-state index < -0.39 is 23.0 Å². The van der Waals surface area contributed by atoms with Crippen LogP contribution in [0.1, 0.15) is 43.3 Å². The zero-order valence-corrected chi connectivity index (χ0v) is 20.5. The first-order valence-electron chi connectivity index (χ1n) is 12.0. The van der Waals surface area contributed by atoms with E-state index in [0.717, 1.165) is 4.57 Å². The maximum Gasteiger partial charge on any atom is 0.394 e. The van der Waals surface area contributed by atoms with Crippen LogP contribution in [0.5, 0.6) is 5.75 Å². The van der Waals surface area contributed by atoms with Gasteiger partial charge in [-0.15, -0.1) is 0 Å². The number of aryl methyl sites for hydroxylation is 1. The number of pyridine rings is 1. The van der Waals surface area contributed by atoms with Gasteiger partial charge in [-0.1, -0.05) is 18.2 Å². The highest BCUT2D eigenvalue weighted by Crippen LogP contribution is 2.38. The summed E-state index contributed by atoms with van der Waals surface area (Å²) < 4.78 is 35.6. The van der Waals surface area contributed by atoms with Gasteiger partial charge in [-0.3, -0.25) is 18.9 Å². The number of aromatic nitrogens is 5. The molecule has 1 aliphatic carbocycles. The topological polar surface area (TPSA) is 104 Å². The van der Waals surface area contributed by atoms with Crippen LogP contribution in [0.2, 0.25) is 0 Å². The van der Waals surface area contributed by atoms with Crippen LogP contribution in [0.25, 0.3) is 11.2 Å². The van der Waals surface area contributed by atoms with Crippen molar-refractivity contribution in [1.29, 1.82) is 0 Å². The van der Waals surface area contributed by atoms with Gasteiger partial charge in [0, 0.05) is 33.1 Å². The van der Waals surface area contributed by atoms with Gasteiger partial charge >= 0.3 is 11.8 Å². The molecule has 0 radical (unpaired) electrons. The van der Waals surface area contributed by atoms with Crippen LogP contribution in [0.4, 0.5) is 8.78 Å². The number of ether oxygens (including phenoxy) is 1. The molecule has 1 fully saturated rings. The predicted octanol–water partition coefficient (Wildman–Crippen LogP) is 2.84. The van der Waals surface area contributed by atoms with Crippen LogP contribution in [-0.4, -0.2) is 40.5 Å². The Kier molecular flexibility index (Phi) is 6.18. The Labute approximate surface area is 210 Å². The first-order chi connectivity index (χ1) is 17.5. The lowest BCUT2D eigenvalue weighted by Crippen LogP contribution is -2.40. The molecular formula is C26H27F2N5O4. The third-order valence-electron chi connectivity index (χ3n) is 6.54. The largest absolute Gasteiger partial charge is 0.433 e. The summed E-state index contributed by atoms with van der Waals surface area (Å²) in [6, 6.07) is 11.7. The summed E-state index contributed by atoms with van der Waals surface area (Å²) in [6.07, 6.45) is 0.120. The Bertz CT molecular complexity index is 1570. The molecule has 37 heavy (non-hydrogen) atoms. The van der Waals surface area contributed by atoms with E-state index in [2.05, 4.69) is 9.97 Å². The van der Waals surface area contributed by atoms with Crippen molar-refractivity contribution in [1.82, 2.24) is 23.7 Å². The molecule has 1 aliphatic rings. The Morgan fingerprint density at radius 3 is 2.59 bits per heavy atom. The summed E-state index contributed by atoms with van der Waals surface area (Å²) in [7, 11) is 1.55. The summed E-state index contributed by atoms with van der Waals surface area (Å²) in [5.74, 6) is 0.469. The van der Waals surface area contributed by atoms with Crippen LogP contribution in [0.15, 0.2) is 58.3 Å². The van der Waals surface area contributed by atoms with E-state index in [9.17, 15) is 23.5 Å². The molecule has 1 saturated carbocycles. The van der Waals surface area contributed by atoms with Crippen molar-refractivity contribution in [2.75, 3.05) is 0 Å². The second-order valence-electron chi connectivity index (χ2n) is 9.61. The number of aliphatic hydroxyl groups is 1. The third-order valence-corrected chi connectivity index (χ3v) is 6.54. The van der Waals surface area contributed by atoms with Crippen molar-refractivity contribution < 1.29 is 18.6 Å². The van der Waals surface area contributed by atoms with E-state index in [1.165, 1.54) is 16.7 Å². The number of rotatable bonds is 9. The number of nitrogens with zero attached hydrogens (tertiary/aromatic N) is 5. The molecule has 0 atom stereocenters. The van der Waals surface area contributed by atoms with E-state index in [1.807, 2.05) is 12.1 Å². The Morgan fingerprint density at radius 2 is 1.92 bits per heavy atom. The van der Waals surface area contributed by atoms with Gasteiger partial charge in [-0.25, -0.2) is 9.78 Å². The van der Waals surface area contributed by atoms with Crippen LogP contribution < -0.4 is 16.0 Å². The van der Waals surface area contributed by atoms with Crippen LogP contribution in [0, 0.1) is 0 Å². The number of fused-ring (bicyclic) bond motifs is 1. The lowest BCUT2D eigenvalue weighted by atomic mass is 10.1. The number of hydrogen-bond donors (Lipinski definition) is 1. The molecule has 11 heteroatoms. The monoisotopic (exact) mass is 511 g/mol. The standard InChI is InChI=1S/C26H27F2N5O4/c1-25(27,28)37-19-8-5-6-17(14-19)15-20-30-22-21(33(20)16-18-7-3-4-12-29-18)23(34)32(24(35)31(22)2)13-11-26(36)9-10-26/h3-8,12,14,36H,9-11,13,15-16H2,1-2H3. The quantitative estimate of drug-likeness (QED) is 0.371. The van der Waals surface area contributed by atoms with Crippen LogP contribution >= 0.6 is 0 Å². The molecule has 0 spiro atoms. The van der Waals surface area contributed by atoms with Gasteiger partial charge < -0.3 is 14.4 Å². The summed E-state index contributed by atoms with van der Waals surface area (Å²) >= 11 is 0. The van der Waals surface area contributed by atoms with E-state index >= 15 is 0 Å². The molecule has 1 aromatic carbocycles. The Balaban J connectivity index is 1.62. The zero-order valence-electron chi connectivity index (χ0n) is 20.5. The van der Waals surface area contributed by atoms with E-state index in [4.69, 9.17) is 4.74 Å². The van der Waals surface area contributed by atoms with E-state index in [-0.39, 0.29) is 36.4 Å². The third kappa shape index (κ3) is 5.31. The van der Waals surface area contributed by atoms with Crippen LogP contribution in [-0.2, 0) is 26.6 Å². The molecule has 5 rings (SSSR count). The fourth-order valence-electron chi connectivity index (χ4n) is 4.40. The van der Waals surface area contributed by atoms with Crippen molar-refractivity contribution in [3.05, 3.63) is 86.6 Å². The smallest absolute Gasteiger partial charge is 0.394 e. The molecule has 3 heterocycles. The summed E-state index contributed by atoms with van der Waals surface area (Å²) in [4.78, 5) is 35.7. The first kappa shape index (κ1) is 24.8. The SMILES string of the molecule is Cn1c(=O)n(CCC2(O)CC2)c(=O)c2c1nc(Cc1cccc(OC(C)(F)F)c1)n2Cc1ccccn1. The summed E-state index contributed by atoms with van der Waals surface area (Å²) in [5.41, 5.74) is -0.0661. The molecule has 0 saturated heterocycles. The van der Waals surface area contributed by atoms with Gasteiger partial charge in [-0.05, 0) is 49.1 Å². The highest BCUT2D eigenvalue weighted by molar-refractivity contribution is 5.71. The van der Waals surface area contributed by atoms with Crippen molar-refractivity contribution in [2.45, 2.75) is 57.4 Å². The molecule has 4 aromatic rings. The molecule has 194 valence electrons. The Morgan fingerprint density at radius 1 is 1.14 bits per heavy atom. The molecule has 0 aliphatic heterocycles. The van der Waals surface area contributed by atoms with Crippen molar-refractivity contribution in [2.24, 2.45) is 7.05 Å². The fourth-order valence-corrected chi connectivity index (χ4v) is 4.40. The first-order valence-corrected chi connectivity index (χ1v) is 12.0. The van der Waals surface area contributed by atoms with Gasteiger partial charge in [0.2, 0.25) is 0 Å². The highest BCUT2D eigenvalue weighted by Gasteiger charge is 2.40. The minimum absolute atomic E-state index is 0.00477. The second kappa shape index (κ2) is 9.22. The normalized spacial score (nSPS) is 14.7. The average molecular weight is 512 g/mol. The lowest BCUT2D eigenvalue weighted by molar-refractivity contribution is -0.158. The number of alkyl halides is 2. The second-order valence-corrected chi connectivity index (χ2v) is 9.61. The maximum absolute atomic E-state index is 13.6. The van der Waals surface area contributed by atoms with Crippen molar-refractivity contribution in [3.8, 4) is 5.75 Å². The molecule has 0 unspecified atom stereocenters. The van der Waals surface area contributed by atoms with E-state index in [1.54, 1.807) is 36.0 Å². The van der Waals surface area contributed by atoms with Gasteiger partial charge in [0.15, 0.2) is 11.2 Å². The maximum atomic E-state index is 13.6. The molecular weight excluding hydrogens is 484 g/mol. The Hall–Kier alpha value is -3.86. The predicted molar refractivity (Wildman–Crippen MR) is 132 cm³/mol. The van der Waals surface area contributed by atoms with Crippen molar-refractivity contribution in [3.63, 3.8) is 0 Å². The number of imidazole rings is 1. The molecule has 0 amide bonds. The minimum Gasteiger partial charge on any atom is -0.433 e. The lowest BCUT2D eigenvalue weighted by Gasteiger charge is -2.14. The van der Waals surface area contributed by atoms with Gasteiger partial charge in [0.25, 0.3) is 5.56 Å². The fraction of sp³-hybridized carbons (Fsp3) is 0.385. The molecule has 9 nitrogen and oxygen atoms in total. The van der Waals surface area contributed by atoms with Gasteiger partial charge in [0.05, 0.1) is 17.8 Å².